The molecule has 0 unspecified atom stereocenters. The number of anilines is 1. The molecule has 0 aliphatic rings. The largest absolute Gasteiger partial charge is 0.435 e. The van der Waals surface area contributed by atoms with Crippen molar-refractivity contribution in [1.82, 2.24) is 9.78 Å². The van der Waals surface area contributed by atoms with Gasteiger partial charge in [0.15, 0.2) is 5.69 Å². The lowest BCUT2D eigenvalue weighted by Crippen LogP contribution is -2.12. The van der Waals surface area contributed by atoms with E-state index in [-0.39, 0.29) is 39.9 Å². The van der Waals surface area contributed by atoms with Gasteiger partial charge in [-0.15, -0.1) is 0 Å². The fraction of sp³-hybridized carbons (Fsp3) is 0.158. The van der Waals surface area contributed by atoms with Crippen LogP contribution in [0.4, 0.5) is 23.2 Å². The van der Waals surface area contributed by atoms with Crippen molar-refractivity contribution in [1.29, 1.82) is 0 Å². The molecule has 0 saturated heterocycles. The highest BCUT2D eigenvalue weighted by atomic mass is 32.2. The fourth-order valence-electron chi connectivity index (χ4n) is 2.74. The van der Waals surface area contributed by atoms with E-state index >= 15 is 0 Å². The van der Waals surface area contributed by atoms with E-state index in [0.29, 0.717) is 6.07 Å². The number of primary sulfonamides is 1. The molecule has 164 valence electrons. The number of aromatic nitrogens is 2. The van der Waals surface area contributed by atoms with Gasteiger partial charge in [-0.25, -0.2) is 22.6 Å². The molecule has 0 aliphatic carbocycles. The molecule has 0 radical (unpaired) electrons. The van der Waals surface area contributed by atoms with Crippen LogP contribution in [0.25, 0.3) is 16.9 Å². The lowest BCUT2D eigenvalue weighted by molar-refractivity contribution is -0.141. The monoisotopic (exact) mass is 456 g/mol. The summed E-state index contributed by atoms with van der Waals surface area (Å²) in [5, 5.41) is 11.0. The third-order valence-electron chi connectivity index (χ3n) is 4.26. The maximum atomic E-state index is 14.7. The Balaban J connectivity index is 2.12. The van der Waals surface area contributed by atoms with E-state index in [9.17, 15) is 30.8 Å². The topological polar surface area (TPSA) is 107 Å². The van der Waals surface area contributed by atoms with Crippen LogP contribution in [0.3, 0.4) is 0 Å². The molecule has 3 N–H and O–H groups in total. The second-order valence-corrected chi connectivity index (χ2v) is 8.02. The average molecular weight is 456 g/mol. The second-order valence-electron chi connectivity index (χ2n) is 6.46. The first-order valence-electron chi connectivity index (χ1n) is 8.80. The van der Waals surface area contributed by atoms with Crippen LogP contribution in [0.15, 0.2) is 53.4 Å². The average Bonchev–Trinajstić information content (AvgIpc) is 3.13. The number of benzene rings is 2. The van der Waals surface area contributed by atoms with E-state index in [2.05, 4.69) is 10.4 Å². The summed E-state index contributed by atoms with van der Waals surface area (Å²) in [6, 6.07) is 8.82. The van der Waals surface area contributed by atoms with Crippen LogP contribution >= 0.6 is 0 Å². The molecule has 3 rings (SSSR count). The predicted octanol–water partition coefficient (Wildman–Crippen LogP) is 3.69. The first kappa shape index (κ1) is 22.4. The normalized spacial score (nSPS) is 12.1. The first-order chi connectivity index (χ1) is 14.4. The van der Waals surface area contributed by atoms with Crippen LogP contribution in [0.1, 0.15) is 19.0 Å². The Bertz CT molecular complexity index is 1240. The van der Waals surface area contributed by atoms with Gasteiger partial charge in [0.25, 0.3) is 0 Å². The van der Waals surface area contributed by atoms with E-state index < -0.39 is 27.7 Å². The number of carbonyl (C=O) groups excluding carboxylic acids is 1. The van der Waals surface area contributed by atoms with E-state index in [0.717, 1.165) is 22.9 Å². The van der Waals surface area contributed by atoms with Gasteiger partial charge in [-0.1, -0.05) is 6.92 Å². The van der Waals surface area contributed by atoms with Gasteiger partial charge in [-0.05, 0) is 48.5 Å². The molecule has 0 saturated carbocycles. The zero-order chi connectivity index (χ0) is 23.0. The van der Waals surface area contributed by atoms with Crippen LogP contribution < -0.4 is 10.5 Å². The Morgan fingerprint density at radius 1 is 1.13 bits per heavy atom. The zero-order valence-electron chi connectivity index (χ0n) is 15.9. The lowest BCUT2D eigenvalue weighted by Gasteiger charge is -2.11. The van der Waals surface area contributed by atoms with Gasteiger partial charge >= 0.3 is 6.18 Å². The smallest absolute Gasteiger partial charge is 0.326 e. The molecule has 0 spiro atoms. The van der Waals surface area contributed by atoms with E-state index in [1.165, 1.54) is 24.3 Å². The second kappa shape index (κ2) is 8.12. The van der Waals surface area contributed by atoms with Gasteiger partial charge in [0, 0.05) is 17.7 Å². The number of hydrogen-bond donors (Lipinski definition) is 2. The van der Waals surface area contributed by atoms with E-state index in [4.69, 9.17) is 5.14 Å². The Morgan fingerprint density at radius 3 is 2.29 bits per heavy atom. The van der Waals surface area contributed by atoms with Gasteiger partial charge in [0.05, 0.1) is 16.3 Å². The Hall–Kier alpha value is -3.25. The van der Waals surface area contributed by atoms with Gasteiger partial charge in [0.1, 0.15) is 5.82 Å². The molecule has 0 bridgehead atoms. The Morgan fingerprint density at radius 2 is 1.77 bits per heavy atom. The molecule has 1 heterocycles. The number of hydrogen-bond acceptors (Lipinski definition) is 4. The highest BCUT2D eigenvalue weighted by Gasteiger charge is 2.35. The van der Waals surface area contributed by atoms with Crippen molar-refractivity contribution in [2.75, 3.05) is 5.32 Å². The molecule has 2 aromatic carbocycles. The van der Waals surface area contributed by atoms with Crippen LogP contribution in [0.5, 0.6) is 0 Å². The molecule has 0 fully saturated rings. The minimum Gasteiger partial charge on any atom is -0.326 e. The van der Waals surface area contributed by atoms with Crippen molar-refractivity contribution >= 4 is 21.6 Å². The van der Waals surface area contributed by atoms with Gasteiger partial charge in [0.2, 0.25) is 15.9 Å². The van der Waals surface area contributed by atoms with Crippen LogP contribution in [0.2, 0.25) is 0 Å². The third-order valence-corrected chi connectivity index (χ3v) is 5.19. The number of halogens is 4. The molecular weight excluding hydrogens is 440 g/mol. The predicted molar refractivity (Wildman–Crippen MR) is 104 cm³/mol. The summed E-state index contributed by atoms with van der Waals surface area (Å²) in [4.78, 5) is 11.2. The third kappa shape index (κ3) is 4.91. The van der Waals surface area contributed by atoms with Crippen LogP contribution in [0, 0.1) is 5.82 Å². The number of nitrogens with zero attached hydrogens (tertiary/aromatic N) is 2. The fourth-order valence-corrected chi connectivity index (χ4v) is 3.25. The number of rotatable bonds is 5. The minimum absolute atomic E-state index is 0.0562. The van der Waals surface area contributed by atoms with Crippen molar-refractivity contribution in [3.05, 3.63) is 60.0 Å². The van der Waals surface area contributed by atoms with Crippen LogP contribution in [-0.2, 0) is 21.0 Å². The summed E-state index contributed by atoms with van der Waals surface area (Å²) >= 11 is 0. The van der Waals surface area contributed by atoms with Gasteiger partial charge < -0.3 is 5.32 Å². The molecule has 1 amide bonds. The standard InChI is InChI=1S/C19H16F4N4O3S/c1-2-18(28)25-11-3-8-14(15(20)9-11)16-10-17(19(21,22)23)26-27(16)12-4-6-13(7-5-12)31(24,29)30/h3-10H,2H2,1H3,(H,25,28)(H2,24,29,30). The summed E-state index contributed by atoms with van der Waals surface area (Å²) < 4.78 is 78.2. The molecule has 7 nitrogen and oxygen atoms in total. The summed E-state index contributed by atoms with van der Waals surface area (Å²) in [7, 11) is -4.01. The minimum atomic E-state index is -4.80. The van der Waals surface area contributed by atoms with Crippen molar-refractivity contribution < 1.29 is 30.8 Å². The van der Waals surface area contributed by atoms with Crippen LogP contribution in [-0.4, -0.2) is 24.1 Å². The van der Waals surface area contributed by atoms with E-state index in [1.54, 1.807) is 6.92 Å². The summed E-state index contributed by atoms with van der Waals surface area (Å²) in [6.07, 6.45) is -4.63. The molecule has 3 aromatic rings. The molecule has 0 atom stereocenters. The van der Waals surface area contributed by atoms with Crippen molar-refractivity contribution in [3.63, 3.8) is 0 Å². The molecular formula is C19H16F4N4O3S. The number of nitrogens with one attached hydrogen (secondary N) is 1. The zero-order valence-corrected chi connectivity index (χ0v) is 16.8. The maximum Gasteiger partial charge on any atom is 0.435 e. The number of nitrogens with two attached hydrogens (primary N) is 1. The quantitative estimate of drug-likeness (QED) is 0.571. The van der Waals surface area contributed by atoms with Gasteiger partial charge in [-0.2, -0.15) is 18.3 Å². The first-order valence-corrected chi connectivity index (χ1v) is 10.3. The highest BCUT2D eigenvalue weighted by molar-refractivity contribution is 7.89. The number of sulfonamides is 1. The molecule has 0 aliphatic heterocycles. The summed E-state index contributed by atoms with van der Waals surface area (Å²) in [5.41, 5.74) is -1.48. The Kier molecular flexibility index (Phi) is 5.87. The molecule has 1 aromatic heterocycles. The van der Waals surface area contributed by atoms with Gasteiger partial charge in [-0.3, -0.25) is 4.79 Å². The summed E-state index contributed by atoms with van der Waals surface area (Å²) in [5.74, 6) is -1.24. The van der Waals surface area contributed by atoms with E-state index in [1.807, 2.05) is 0 Å². The molecule has 31 heavy (non-hydrogen) atoms. The lowest BCUT2D eigenvalue weighted by atomic mass is 10.1. The van der Waals surface area contributed by atoms with Crippen molar-refractivity contribution in [2.24, 2.45) is 5.14 Å². The van der Waals surface area contributed by atoms with Crippen molar-refractivity contribution in [3.8, 4) is 16.9 Å². The number of amides is 1. The number of carbonyl (C=O) groups is 1. The Labute approximate surface area is 174 Å². The van der Waals surface area contributed by atoms with Crippen molar-refractivity contribution in [2.45, 2.75) is 24.4 Å². The SMILES string of the molecule is CCC(=O)Nc1ccc(-c2cc(C(F)(F)F)nn2-c2ccc(S(N)(=O)=O)cc2)c(F)c1. The summed E-state index contributed by atoms with van der Waals surface area (Å²) in [6.45, 7) is 1.61. The molecule has 12 heteroatoms. The highest BCUT2D eigenvalue weighted by Crippen LogP contribution is 2.34. The maximum absolute atomic E-state index is 14.7. The number of alkyl halides is 3.